The Balaban J connectivity index is 2.09. The van der Waals surface area contributed by atoms with Crippen molar-refractivity contribution in [2.45, 2.75) is 11.8 Å². The highest BCUT2D eigenvalue weighted by atomic mass is 32.2. The maximum absolute atomic E-state index is 12.3. The lowest BCUT2D eigenvalue weighted by Gasteiger charge is -2.25. The lowest BCUT2D eigenvalue weighted by atomic mass is 10.0. The number of furan rings is 1. The minimum atomic E-state index is -0.949. The lowest BCUT2D eigenvalue weighted by Crippen LogP contribution is -2.44. The van der Waals surface area contributed by atoms with Crippen molar-refractivity contribution in [1.82, 2.24) is 4.90 Å². The molecule has 0 aromatic carbocycles. The van der Waals surface area contributed by atoms with E-state index in [1.165, 1.54) is 4.90 Å². The van der Waals surface area contributed by atoms with Crippen molar-refractivity contribution in [1.29, 1.82) is 0 Å². The molecule has 1 saturated heterocycles. The van der Waals surface area contributed by atoms with Crippen LogP contribution in [-0.2, 0) is 15.3 Å². The van der Waals surface area contributed by atoms with E-state index in [1.807, 2.05) is 6.26 Å². The zero-order chi connectivity index (χ0) is 14.7. The van der Waals surface area contributed by atoms with Gasteiger partial charge < -0.3 is 19.2 Å². The summed E-state index contributed by atoms with van der Waals surface area (Å²) in [5.74, 6) is -0.306. The smallest absolute Gasteiger partial charge is 0.311 e. The van der Waals surface area contributed by atoms with Crippen molar-refractivity contribution in [3.63, 3.8) is 0 Å². The van der Waals surface area contributed by atoms with E-state index in [4.69, 9.17) is 14.3 Å². The summed E-state index contributed by atoms with van der Waals surface area (Å²) in [5, 5.41) is 9.11. The fourth-order valence-corrected chi connectivity index (χ4v) is 2.64. The highest BCUT2D eigenvalue weighted by Crippen LogP contribution is 2.22. The van der Waals surface area contributed by atoms with E-state index in [0.29, 0.717) is 5.75 Å². The molecule has 1 aromatic rings. The molecular weight excluding hydrogens is 282 g/mol. The number of likely N-dealkylation sites (N-methyl/N-ethyl adjacent to an activating group) is 1. The largest absolute Gasteiger partial charge is 0.481 e. The molecule has 2 rings (SSSR count). The Labute approximate surface area is 121 Å². The van der Waals surface area contributed by atoms with Crippen LogP contribution in [0.1, 0.15) is 16.3 Å². The molecule has 1 aliphatic heterocycles. The summed E-state index contributed by atoms with van der Waals surface area (Å²) >= 11 is 1.60. The second kappa shape index (κ2) is 6.32. The molecule has 0 aliphatic carbocycles. The summed E-state index contributed by atoms with van der Waals surface area (Å²) in [5.41, 5.74) is 0. The number of carboxylic acids is 1. The molecule has 1 amide bonds. The van der Waals surface area contributed by atoms with Crippen LogP contribution in [0, 0.1) is 5.92 Å². The van der Waals surface area contributed by atoms with Gasteiger partial charge in [-0.1, -0.05) is 0 Å². The second-order valence-corrected chi connectivity index (χ2v) is 5.53. The summed E-state index contributed by atoms with van der Waals surface area (Å²) in [4.78, 5) is 24.8. The Bertz CT molecular complexity index is 501. The molecule has 0 spiro atoms. The van der Waals surface area contributed by atoms with Crippen LogP contribution < -0.4 is 0 Å². The number of hydrogen-bond donors (Lipinski definition) is 1. The fraction of sp³-hybridized carbons (Fsp3) is 0.538. The maximum Gasteiger partial charge on any atom is 0.311 e. The Morgan fingerprint density at radius 2 is 2.20 bits per heavy atom. The number of carbonyl (C=O) groups is 2. The number of thioether (sulfide) groups is 1. The zero-order valence-corrected chi connectivity index (χ0v) is 12.2. The van der Waals surface area contributed by atoms with Crippen molar-refractivity contribution in [3.8, 4) is 0 Å². The molecule has 1 aromatic heterocycles. The number of nitrogens with zero attached hydrogens (tertiary/aromatic N) is 1. The predicted octanol–water partition coefficient (Wildman–Crippen LogP) is 1.31. The number of carbonyl (C=O) groups excluding carboxylic acids is 1. The molecule has 7 heteroatoms. The monoisotopic (exact) mass is 299 g/mol. The Morgan fingerprint density at radius 1 is 1.45 bits per heavy atom. The van der Waals surface area contributed by atoms with Gasteiger partial charge in [0.15, 0.2) is 5.76 Å². The molecule has 2 heterocycles. The topological polar surface area (TPSA) is 80.0 Å². The van der Waals surface area contributed by atoms with Crippen molar-refractivity contribution >= 4 is 23.6 Å². The van der Waals surface area contributed by atoms with Gasteiger partial charge >= 0.3 is 5.97 Å². The van der Waals surface area contributed by atoms with E-state index >= 15 is 0 Å². The Morgan fingerprint density at radius 3 is 2.85 bits per heavy atom. The van der Waals surface area contributed by atoms with Crippen LogP contribution in [-0.4, -0.2) is 54.4 Å². The number of aliphatic carboxylic acids is 1. The number of carboxylic acid groups (broad SMARTS) is 1. The van der Waals surface area contributed by atoms with Crippen molar-refractivity contribution in [2.75, 3.05) is 26.5 Å². The van der Waals surface area contributed by atoms with Crippen LogP contribution in [0.2, 0.25) is 0 Å². The highest BCUT2D eigenvalue weighted by molar-refractivity contribution is 7.97. The van der Waals surface area contributed by atoms with Crippen LogP contribution in [0.3, 0.4) is 0 Å². The third kappa shape index (κ3) is 2.99. The standard InChI is InChI=1S/C13H17NO5S/c1-14(10-6-18-5-9(10)13(16)17)12(15)11-4-3-8(19-11)7-20-2/h3-4,9-10H,5-7H2,1-2H3,(H,16,17). The molecule has 0 saturated carbocycles. The normalized spacial score (nSPS) is 21.9. The molecule has 2 unspecified atom stereocenters. The molecule has 2 atom stereocenters. The predicted molar refractivity (Wildman–Crippen MR) is 73.8 cm³/mol. The molecule has 0 radical (unpaired) electrons. The quantitative estimate of drug-likeness (QED) is 0.883. The van der Waals surface area contributed by atoms with Gasteiger partial charge in [0.05, 0.1) is 25.0 Å². The van der Waals surface area contributed by atoms with Crippen LogP contribution >= 0.6 is 11.8 Å². The number of hydrogen-bond acceptors (Lipinski definition) is 5. The average molecular weight is 299 g/mol. The average Bonchev–Trinajstić information content (AvgIpc) is 3.06. The second-order valence-electron chi connectivity index (χ2n) is 4.66. The first kappa shape index (κ1) is 14.9. The molecule has 110 valence electrons. The maximum atomic E-state index is 12.3. The molecule has 0 bridgehead atoms. The van der Waals surface area contributed by atoms with Gasteiger partial charge in [0.25, 0.3) is 5.91 Å². The Kier molecular flexibility index (Phi) is 4.72. The van der Waals surface area contributed by atoms with E-state index in [0.717, 1.165) is 5.76 Å². The number of ether oxygens (including phenoxy) is 1. The zero-order valence-electron chi connectivity index (χ0n) is 11.4. The molecular formula is C13H17NO5S. The van der Waals surface area contributed by atoms with E-state index in [2.05, 4.69) is 0 Å². The molecule has 1 fully saturated rings. The summed E-state index contributed by atoms with van der Waals surface area (Å²) in [7, 11) is 1.58. The molecule has 1 N–H and O–H groups in total. The van der Waals surface area contributed by atoms with Crippen LogP contribution in [0.15, 0.2) is 16.5 Å². The van der Waals surface area contributed by atoms with E-state index in [9.17, 15) is 9.59 Å². The minimum Gasteiger partial charge on any atom is -0.481 e. The first-order valence-corrected chi connectivity index (χ1v) is 7.59. The third-order valence-electron chi connectivity index (χ3n) is 3.34. The molecule has 6 nitrogen and oxygen atoms in total. The minimum absolute atomic E-state index is 0.132. The first-order valence-electron chi connectivity index (χ1n) is 6.20. The highest BCUT2D eigenvalue weighted by Gasteiger charge is 2.39. The van der Waals surface area contributed by atoms with Crippen molar-refractivity contribution < 1.29 is 23.8 Å². The molecule has 20 heavy (non-hydrogen) atoms. The van der Waals surface area contributed by atoms with Gasteiger partial charge in [0, 0.05) is 7.05 Å². The van der Waals surface area contributed by atoms with Crippen LogP contribution in [0.4, 0.5) is 0 Å². The van der Waals surface area contributed by atoms with Gasteiger partial charge in [-0.2, -0.15) is 11.8 Å². The summed E-state index contributed by atoms with van der Waals surface area (Å²) in [6, 6.07) is 2.92. The van der Waals surface area contributed by atoms with E-state index in [-0.39, 0.29) is 24.9 Å². The number of rotatable bonds is 5. The van der Waals surface area contributed by atoms with Crippen LogP contribution in [0.5, 0.6) is 0 Å². The fourth-order valence-electron chi connectivity index (χ4n) is 2.20. The third-order valence-corrected chi connectivity index (χ3v) is 3.92. The summed E-state index contributed by atoms with van der Waals surface area (Å²) in [6.07, 6.45) is 1.95. The van der Waals surface area contributed by atoms with Crippen molar-refractivity contribution in [2.24, 2.45) is 5.92 Å². The van der Waals surface area contributed by atoms with E-state index < -0.39 is 17.9 Å². The lowest BCUT2D eigenvalue weighted by molar-refractivity contribution is -0.142. The van der Waals surface area contributed by atoms with Gasteiger partial charge in [-0.3, -0.25) is 9.59 Å². The number of amides is 1. The SMILES string of the molecule is CSCc1ccc(C(=O)N(C)C2COCC2C(=O)O)o1. The van der Waals surface area contributed by atoms with E-state index in [1.54, 1.807) is 30.9 Å². The summed E-state index contributed by atoms with van der Waals surface area (Å²) < 4.78 is 10.6. The van der Waals surface area contributed by atoms with Gasteiger partial charge in [-0.15, -0.1) is 0 Å². The summed E-state index contributed by atoms with van der Waals surface area (Å²) in [6.45, 7) is 0.366. The van der Waals surface area contributed by atoms with Gasteiger partial charge in [0.1, 0.15) is 11.7 Å². The first-order chi connectivity index (χ1) is 9.54. The van der Waals surface area contributed by atoms with Crippen molar-refractivity contribution in [3.05, 3.63) is 23.7 Å². The van der Waals surface area contributed by atoms with Gasteiger partial charge in [-0.05, 0) is 18.4 Å². The van der Waals surface area contributed by atoms with Crippen LogP contribution in [0.25, 0.3) is 0 Å². The van der Waals surface area contributed by atoms with Gasteiger partial charge in [0.2, 0.25) is 0 Å². The molecule has 1 aliphatic rings. The van der Waals surface area contributed by atoms with Gasteiger partial charge in [-0.25, -0.2) is 0 Å². The Hall–Kier alpha value is -1.47.